The molecule has 1 aliphatic rings. The summed E-state index contributed by atoms with van der Waals surface area (Å²) in [5, 5.41) is 3.73. The van der Waals surface area contributed by atoms with Crippen molar-refractivity contribution in [1.29, 1.82) is 0 Å². The number of nitrogens with one attached hydrogen (secondary N) is 1. The van der Waals surface area contributed by atoms with Gasteiger partial charge in [0.2, 0.25) is 0 Å². The van der Waals surface area contributed by atoms with Crippen molar-refractivity contribution in [1.82, 2.24) is 5.32 Å². The van der Waals surface area contributed by atoms with Gasteiger partial charge in [-0.15, -0.1) is 0 Å². The Morgan fingerprint density at radius 1 is 1.14 bits per heavy atom. The van der Waals surface area contributed by atoms with Gasteiger partial charge in [0.15, 0.2) is 0 Å². The molecule has 3 rings (SSSR count). The lowest BCUT2D eigenvalue weighted by Crippen LogP contribution is -2.43. The monoisotopic (exact) mass is 383 g/mol. The minimum absolute atomic E-state index is 0.0504. The molecule has 2 aromatic rings. The van der Waals surface area contributed by atoms with Gasteiger partial charge in [-0.25, -0.2) is 4.39 Å². The van der Waals surface area contributed by atoms with E-state index in [-0.39, 0.29) is 35.7 Å². The molecule has 28 heavy (non-hydrogen) atoms. The minimum atomic E-state index is -0.192. The summed E-state index contributed by atoms with van der Waals surface area (Å²) in [6, 6.07) is 17.5. The molecule has 0 radical (unpaired) electrons. The number of hydrogen-bond acceptors (Lipinski definition) is 3. The van der Waals surface area contributed by atoms with Gasteiger partial charge >= 0.3 is 5.97 Å². The molecule has 2 aromatic carbocycles. The van der Waals surface area contributed by atoms with Gasteiger partial charge in [0, 0.05) is 24.4 Å². The van der Waals surface area contributed by atoms with Crippen LogP contribution in [-0.4, -0.2) is 18.6 Å². The molecule has 0 aliphatic heterocycles. The highest BCUT2D eigenvalue weighted by Gasteiger charge is 2.37. The molecule has 4 heteroatoms. The third-order valence-corrected chi connectivity index (χ3v) is 5.79. The van der Waals surface area contributed by atoms with Gasteiger partial charge in [0.25, 0.3) is 0 Å². The van der Waals surface area contributed by atoms with Crippen LogP contribution in [0.4, 0.5) is 4.39 Å². The summed E-state index contributed by atoms with van der Waals surface area (Å²) in [5.74, 6) is -0.358. The fraction of sp³-hybridized carbons (Fsp3) is 0.458. The Hall–Kier alpha value is -2.20. The summed E-state index contributed by atoms with van der Waals surface area (Å²) in [6.45, 7) is 4.34. The van der Waals surface area contributed by atoms with Gasteiger partial charge in [-0.3, -0.25) is 4.79 Å². The third-order valence-electron chi connectivity index (χ3n) is 5.79. The lowest BCUT2D eigenvalue weighted by atomic mass is 9.70. The van der Waals surface area contributed by atoms with Crippen LogP contribution in [0.3, 0.4) is 0 Å². The van der Waals surface area contributed by atoms with Crippen LogP contribution < -0.4 is 5.32 Å². The van der Waals surface area contributed by atoms with E-state index in [1.54, 1.807) is 6.07 Å². The third kappa shape index (κ3) is 4.99. The van der Waals surface area contributed by atoms with Crippen LogP contribution in [0.15, 0.2) is 54.6 Å². The second-order valence-corrected chi connectivity index (χ2v) is 7.65. The largest absolute Gasteiger partial charge is 0.466 e. The number of ether oxygens (including phenoxy) is 1. The highest BCUT2D eigenvalue weighted by atomic mass is 19.1. The first-order chi connectivity index (χ1) is 13.6. The van der Waals surface area contributed by atoms with E-state index in [2.05, 4.69) is 24.4 Å². The molecule has 1 fully saturated rings. The first-order valence-corrected chi connectivity index (χ1v) is 10.3. The molecule has 1 aliphatic carbocycles. The molecule has 1 saturated carbocycles. The number of carbonyl (C=O) groups is 1. The number of rotatable bonds is 7. The summed E-state index contributed by atoms with van der Waals surface area (Å²) < 4.78 is 19.9. The van der Waals surface area contributed by atoms with E-state index >= 15 is 0 Å². The smallest absolute Gasteiger partial charge is 0.306 e. The zero-order valence-electron chi connectivity index (χ0n) is 16.7. The maximum atomic E-state index is 14.7. The molecule has 0 aromatic heterocycles. The molecule has 3 nitrogen and oxygen atoms in total. The summed E-state index contributed by atoms with van der Waals surface area (Å²) in [5.41, 5.74) is 1.91. The standard InChI is InChI=1S/C24H30FNO2/c1-3-28-23(27)16-19-12-9-15-22(24(19)20-13-7-8-14-21(20)25)26-17(2)18-10-5-4-6-11-18/h4-8,10-11,13-14,17,19,22,24,26H,3,9,12,15-16H2,1-2H3/t17-,19?,22?,24?/m0/s1. The van der Waals surface area contributed by atoms with Crippen molar-refractivity contribution in [2.24, 2.45) is 5.92 Å². The summed E-state index contributed by atoms with van der Waals surface area (Å²) >= 11 is 0. The van der Waals surface area contributed by atoms with Crippen LogP contribution >= 0.6 is 0 Å². The quantitative estimate of drug-likeness (QED) is 0.652. The summed E-state index contributed by atoms with van der Waals surface area (Å²) in [4.78, 5) is 12.2. The van der Waals surface area contributed by atoms with Gasteiger partial charge in [0.1, 0.15) is 5.82 Å². The van der Waals surface area contributed by atoms with Crippen LogP contribution in [-0.2, 0) is 9.53 Å². The highest BCUT2D eigenvalue weighted by Crippen LogP contribution is 2.41. The van der Waals surface area contributed by atoms with Gasteiger partial charge in [-0.05, 0) is 49.8 Å². The molecule has 0 amide bonds. The zero-order chi connectivity index (χ0) is 19.9. The molecule has 0 spiro atoms. The molecule has 150 valence electrons. The predicted octanol–water partition coefficient (Wildman–Crippen LogP) is 5.38. The van der Waals surface area contributed by atoms with Crippen LogP contribution in [0, 0.1) is 11.7 Å². The number of hydrogen-bond donors (Lipinski definition) is 1. The Bertz CT molecular complexity index is 764. The van der Waals surface area contributed by atoms with Gasteiger partial charge in [0.05, 0.1) is 6.61 Å². The maximum absolute atomic E-state index is 14.7. The van der Waals surface area contributed by atoms with E-state index in [1.165, 1.54) is 11.6 Å². The Morgan fingerprint density at radius 3 is 2.57 bits per heavy atom. The first kappa shape index (κ1) is 20.5. The second kappa shape index (κ2) is 9.83. The second-order valence-electron chi connectivity index (χ2n) is 7.65. The summed E-state index contributed by atoms with van der Waals surface area (Å²) in [6.07, 6.45) is 3.24. The molecule has 1 N–H and O–H groups in total. The Labute approximate surface area is 167 Å². The average Bonchev–Trinajstić information content (AvgIpc) is 2.70. The van der Waals surface area contributed by atoms with E-state index in [0.717, 1.165) is 19.3 Å². The number of esters is 1. The molecular formula is C24H30FNO2. The Kier molecular flexibility index (Phi) is 7.21. The SMILES string of the molecule is CCOC(=O)CC1CCCC(N[C@@H](C)c2ccccc2)C1c1ccccc1F. The maximum Gasteiger partial charge on any atom is 0.306 e. The molecule has 3 unspecified atom stereocenters. The van der Waals surface area contributed by atoms with Gasteiger partial charge in [-0.2, -0.15) is 0 Å². The number of benzene rings is 2. The predicted molar refractivity (Wildman–Crippen MR) is 110 cm³/mol. The van der Waals surface area contributed by atoms with Crippen molar-refractivity contribution in [3.05, 3.63) is 71.5 Å². The lowest BCUT2D eigenvalue weighted by molar-refractivity contribution is -0.144. The normalized spacial score (nSPS) is 23.2. The van der Waals surface area contributed by atoms with E-state index in [4.69, 9.17) is 4.74 Å². The molecule has 4 atom stereocenters. The van der Waals surface area contributed by atoms with Crippen LogP contribution in [0.5, 0.6) is 0 Å². The van der Waals surface area contributed by atoms with E-state index < -0.39 is 0 Å². The fourth-order valence-electron chi connectivity index (χ4n) is 4.51. The van der Waals surface area contributed by atoms with Crippen molar-refractivity contribution in [3.63, 3.8) is 0 Å². The topological polar surface area (TPSA) is 38.3 Å². The van der Waals surface area contributed by atoms with Crippen molar-refractivity contribution in [3.8, 4) is 0 Å². The molecule has 0 bridgehead atoms. The first-order valence-electron chi connectivity index (χ1n) is 10.3. The van der Waals surface area contributed by atoms with Crippen LogP contribution in [0.1, 0.15) is 62.6 Å². The number of carbonyl (C=O) groups excluding carboxylic acids is 1. The minimum Gasteiger partial charge on any atom is -0.466 e. The van der Waals surface area contributed by atoms with Gasteiger partial charge in [-0.1, -0.05) is 55.0 Å². The summed E-state index contributed by atoms with van der Waals surface area (Å²) in [7, 11) is 0. The van der Waals surface area contributed by atoms with Gasteiger partial charge < -0.3 is 10.1 Å². The van der Waals surface area contributed by atoms with Crippen molar-refractivity contribution >= 4 is 5.97 Å². The van der Waals surface area contributed by atoms with Crippen molar-refractivity contribution < 1.29 is 13.9 Å². The molecule has 0 heterocycles. The fourth-order valence-corrected chi connectivity index (χ4v) is 4.51. The number of halogens is 1. The average molecular weight is 384 g/mol. The molecular weight excluding hydrogens is 353 g/mol. The Morgan fingerprint density at radius 2 is 1.86 bits per heavy atom. The van der Waals surface area contributed by atoms with E-state index in [1.807, 2.05) is 37.3 Å². The zero-order valence-corrected chi connectivity index (χ0v) is 16.7. The van der Waals surface area contributed by atoms with Crippen molar-refractivity contribution in [2.75, 3.05) is 6.61 Å². The highest BCUT2D eigenvalue weighted by molar-refractivity contribution is 5.69. The van der Waals surface area contributed by atoms with E-state index in [0.29, 0.717) is 18.6 Å². The van der Waals surface area contributed by atoms with Crippen molar-refractivity contribution in [2.45, 2.75) is 57.5 Å². The van der Waals surface area contributed by atoms with Crippen LogP contribution in [0.2, 0.25) is 0 Å². The Balaban J connectivity index is 1.86. The molecule has 0 saturated heterocycles. The lowest BCUT2D eigenvalue weighted by Gasteiger charge is -2.40. The van der Waals surface area contributed by atoms with Crippen LogP contribution in [0.25, 0.3) is 0 Å². The van der Waals surface area contributed by atoms with E-state index in [9.17, 15) is 9.18 Å².